The fraction of sp³-hybridized carbons (Fsp3) is 0.533. The van der Waals surface area contributed by atoms with Gasteiger partial charge in [0.2, 0.25) is 0 Å². The molecule has 1 heterocycles. The molecule has 0 saturated carbocycles. The average Bonchev–Trinajstić information content (AvgIpc) is 2.87. The highest BCUT2D eigenvalue weighted by Crippen LogP contribution is 2.31. The van der Waals surface area contributed by atoms with Crippen molar-refractivity contribution < 1.29 is 14.3 Å². The van der Waals surface area contributed by atoms with E-state index in [-0.39, 0.29) is 17.8 Å². The van der Waals surface area contributed by atoms with Gasteiger partial charge in [0, 0.05) is 16.6 Å². The van der Waals surface area contributed by atoms with E-state index in [0.29, 0.717) is 13.2 Å². The Hall–Kier alpha value is -0.870. The van der Waals surface area contributed by atoms with Gasteiger partial charge in [0.15, 0.2) is 5.78 Å². The van der Waals surface area contributed by atoms with Crippen LogP contribution in [0.25, 0.3) is 0 Å². The first-order chi connectivity index (χ1) is 9.17. The van der Waals surface area contributed by atoms with Gasteiger partial charge in [-0.2, -0.15) is 0 Å². The number of rotatable bonds is 5. The van der Waals surface area contributed by atoms with Crippen molar-refractivity contribution in [2.45, 2.75) is 32.8 Å². The lowest BCUT2D eigenvalue weighted by molar-refractivity contribution is 0.0688. The minimum atomic E-state index is -0.0146. The molecule has 3 nitrogen and oxygen atoms in total. The number of hydrogen-bond donors (Lipinski definition) is 0. The maximum atomic E-state index is 12.6. The van der Waals surface area contributed by atoms with E-state index in [2.05, 4.69) is 22.9 Å². The summed E-state index contributed by atoms with van der Waals surface area (Å²) in [4.78, 5) is 12.6. The normalized spacial score (nSPS) is 22.5. The van der Waals surface area contributed by atoms with Crippen molar-refractivity contribution in [3.05, 3.63) is 28.2 Å². The number of carbonyl (C=O) groups is 1. The average molecular weight is 327 g/mol. The van der Waals surface area contributed by atoms with Crippen molar-refractivity contribution in [1.29, 1.82) is 0 Å². The molecule has 0 amide bonds. The Morgan fingerprint density at radius 2 is 2.26 bits per heavy atom. The van der Waals surface area contributed by atoms with Gasteiger partial charge < -0.3 is 9.47 Å². The zero-order chi connectivity index (χ0) is 13.8. The van der Waals surface area contributed by atoms with E-state index in [1.807, 2.05) is 25.1 Å². The van der Waals surface area contributed by atoms with Gasteiger partial charge in [-0.3, -0.25) is 4.79 Å². The van der Waals surface area contributed by atoms with Crippen molar-refractivity contribution >= 4 is 21.7 Å². The first-order valence-corrected chi connectivity index (χ1v) is 7.54. The van der Waals surface area contributed by atoms with Crippen molar-refractivity contribution in [2.75, 3.05) is 13.2 Å². The van der Waals surface area contributed by atoms with Crippen LogP contribution >= 0.6 is 15.9 Å². The molecule has 104 valence electrons. The summed E-state index contributed by atoms with van der Waals surface area (Å²) in [7, 11) is 0. The smallest absolute Gasteiger partial charge is 0.169 e. The molecule has 4 heteroatoms. The van der Waals surface area contributed by atoms with Crippen LogP contribution in [-0.2, 0) is 4.74 Å². The van der Waals surface area contributed by atoms with Crippen molar-refractivity contribution in [2.24, 2.45) is 5.92 Å². The Labute approximate surface area is 122 Å². The highest BCUT2D eigenvalue weighted by Gasteiger charge is 2.33. The van der Waals surface area contributed by atoms with E-state index in [1.54, 1.807) is 0 Å². The van der Waals surface area contributed by atoms with Gasteiger partial charge in [0.25, 0.3) is 0 Å². The van der Waals surface area contributed by atoms with E-state index < -0.39 is 0 Å². The van der Waals surface area contributed by atoms with Crippen LogP contribution in [0.15, 0.2) is 22.7 Å². The van der Waals surface area contributed by atoms with Crippen LogP contribution < -0.4 is 4.74 Å². The molecule has 0 N–H and O–H groups in total. The molecule has 19 heavy (non-hydrogen) atoms. The lowest BCUT2D eigenvalue weighted by atomic mass is 9.90. The van der Waals surface area contributed by atoms with Crippen LogP contribution in [-0.4, -0.2) is 25.1 Å². The van der Waals surface area contributed by atoms with Gasteiger partial charge in [-0.05, 0) is 53.9 Å². The Balaban J connectivity index is 2.19. The number of halogens is 1. The number of Topliss-reactive ketones (excluding diaryl/α,β-unsaturated/α-hetero) is 1. The molecule has 1 aromatic rings. The molecule has 1 aliphatic rings. The lowest BCUT2D eigenvalue weighted by Gasteiger charge is -2.16. The number of hydrogen-bond acceptors (Lipinski definition) is 3. The molecule has 1 aliphatic heterocycles. The summed E-state index contributed by atoms with van der Waals surface area (Å²) in [5.74, 6) is 0.930. The highest BCUT2D eigenvalue weighted by molar-refractivity contribution is 9.10. The van der Waals surface area contributed by atoms with Crippen LogP contribution in [0.5, 0.6) is 5.75 Å². The molecule has 0 spiro atoms. The summed E-state index contributed by atoms with van der Waals surface area (Å²) >= 11 is 3.47. The molecule has 0 bridgehead atoms. The Morgan fingerprint density at radius 3 is 2.89 bits per heavy atom. The summed E-state index contributed by atoms with van der Waals surface area (Å²) in [6.45, 7) is 5.30. The highest BCUT2D eigenvalue weighted by atomic mass is 79.9. The number of ether oxygens (including phenoxy) is 2. The quantitative estimate of drug-likeness (QED) is 0.771. The van der Waals surface area contributed by atoms with Crippen LogP contribution in [0.2, 0.25) is 0 Å². The summed E-state index contributed by atoms with van der Waals surface area (Å²) in [5.41, 5.74) is 0.720. The minimum Gasteiger partial charge on any atom is -0.494 e. The third kappa shape index (κ3) is 3.18. The topological polar surface area (TPSA) is 35.5 Å². The molecular weight excluding hydrogens is 308 g/mol. The van der Waals surface area contributed by atoms with Gasteiger partial charge in [0.05, 0.1) is 18.6 Å². The van der Waals surface area contributed by atoms with Crippen molar-refractivity contribution in [3.8, 4) is 5.75 Å². The van der Waals surface area contributed by atoms with Crippen LogP contribution in [0.3, 0.4) is 0 Å². The van der Waals surface area contributed by atoms with Gasteiger partial charge in [-0.1, -0.05) is 6.92 Å². The van der Waals surface area contributed by atoms with Crippen LogP contribution in [0.4, 0.5) is 0 Å². The fourth-order valence-electron chi connectivity index (χ4n) is 2.50. The van der Waals surface area contributed by atoms with Gasteiger partial charge in [-0.15, -0.1) is 0 Å². The summed E-state index contributed by atoms with van der Waals surface area (Å²) in [6.07, 6.45) is 1.76. The standard InChI is InChI=1S/C15H19BrO3/c1-3-14-12(7-8-19-14)15(17)11-6-5-10(18-4-2)9-13(11)16/h5-6,9,12,14H,3-4,7-8H2,1-2H3. The second-order valence-electron chi connectivity index (χ2n) is 4.65. The zero-order valence-corrected chi connectivity index (χ0v) is 12.9. The second kappa shape index (κ2) is 6.53. The zero-order valence-electron chi connectivity index (χ0n) is 11.3. The monoisotopic (exact) mass is 326 g/mol. The van der Waals surface area contributed by atoms with E-state index in [0.717, 1.165) is 28.6 Å². The Morgan fingerprint density at radius 1 is 1.47 bits per heavy atom. The third-order valence-electron chi connectivity index (χ3n) is 3.47. The maximum Gasteiger partial charge on any atom is 0.169 e. The van der Waals surface area contributed by atoms with Gasteiger partial charge in [0.1, 0.15) is 5.75 Å². The molecule has 0 aromatic heterocycles. The molecule has 2 rings (SSSR count). The predicted octanol–water partition coefficient (Wildman–Crippen LogP) is 3.85. The van der Waals surface area contributed by atoms with E-state index in [9.17, 15) is 4.79 Å². The fourth-order valence-corrected chi connectivity index (χ4v) is 3.06. The Kier molecular flexibility index (Phi) is 4.99. The van der Waals surface area contributed by atoms with Crippen LogP contribution in [0.1, 0.15) is 37.0 Å². The summed E-state index contributed by atoms with van der Waals surface area (Å²) in [5, 5.41) is 0. The Bertz CT molecular complexity index is 459. The van der Waals surface area contributed by atoms with Crippen LogP contribution in [0, 0.1) is 5.92 Å². The number of ketones is 1. The number of benzene rings is 1. The molecule has 1 fully saturated rings. The molecule has 0 aliphatic carbocycles. The summed E-state index contributed by atoms with van der Waals surface area (Å²) in [6, 6.07) is 5.54. The van der Waals surface area contributed by atoms with E-state index in [1.165, 1.54) is 0 Å². The molecule has 1 aromatic carbocycles. The molecule has 1 saturated heterocycles. The predicted molar refractivity (Wildman–Crippen MR) is 77.8 cm³/mol. The van der Waals surface area contributed by atoms with Crippen molar-refractivity contribution in [1.82, 2.24) is 0 Å². The van der Waals surface area contributed by atoms with Crippen molar-refractivity contribution in [3.63, 3.8) is 0 Å². The van der Waals surface area contributed by atoms with Gasteiger partial charge >= 0.3 is 0 Å². The summed E-state index contributed by atoms with van der Waals surface area (Å²) < 4.78 is 11.8. The molecular formula is C15H19BrO3. The third-order valence-corrected chi connectivity index (χ3v) is 4.12. The first kappa shape index (κ1) is 14.5. The second-order valence-corrected chi connectivity index (χ2v) is 5.51. The van der Waals surface area contributed by atoms with E-state index >= 15 is 0 Å². The SMILES string of the molecule is CCOc1ccc(C(=O)C2CCOC2CC)c(Br)c1. The first-order valence-electron chi connectivity index (χ1n) is 6.75. The van der Waals surface area contributed by atoms with Gasteiger partial charge in [-0.25, -0.2) is 0 Å². The largest absolute Gasteiger partial charge is 0.494 e. The maximum absolute atomic E-state index is 12.6. The number of carbonyl (C=O) groups excluding carboxylic acids is 1. The molecule has 2 unspecified atom stereocenters. The lowest BCUT2D eigenvalue weighted by Crippen LogP contribution is -2.24. The molecule has 0 radical (unpaired) electrons. The molecule has 2 atom stereocenters. The van der Waals surface area contributed by atoms with E-state index in [4.69, 9.17) is 9.47 Å². The minimum absolute atomic E-state index is 0.0146.